The van der Waals surface area contributed by atoms with Crippen LogP contribution in [0.5, 0.6) is 28.7 Å². The van der Waals surface area contributed by atoms with E-state index >= 15 is 0 Å². The first-order valence-corrected chi connectivity index (χ1v) is 15.0. The number of carbonyl (C=O) groups excluding carboxylic acids is 1. The van der Waals surface area contributed by atoms with E-state index in [1.165, 1.54) is 6.21 Å². The van der Waals surface area contributed by atoms with Crippen LogP contribution in [0, 0.1) is 13.8 Å². The molecule has 0 saturated heterocycles. The fourth-order valence-electron chi connectivity index (χ4n) is 4.97. The maximum Gasteiger partial charge on any atom is 0.307 e. The number of furan rings is 1. The number of amides is 1. The highest BCUT2D eigenvalue weighted by molar-refractivity contribution is 6.32. The van der Waals surface area contributed by atoms with Gasteiger partial charge in [-0.1, -0.05) is 17.7 Å². The Balaban J connectivity index is 1.03. The van der Waals surface area contributed by atoms with Gasteiger partial charge in [-0.15, -0.1) is 0 Å². The second-order valence-electron chi connectivity index (χ2n) is 10.4. The van der Waals surface area contributed by atoms with Crippen molar-refractivity contribution in [2.45, 2.75) is 34.0 Å². The molecule has 11 heteroatoms. The lowest BCUT2D eigenvalue weighted by Gasteiger charge is -2.14. The first-order valence-electron chi connectivity index (χ1n) is 14.7. The minimum Gasteiger partial charge on any atom is -0.490 e. The molecule has 236 valence electrons. The monoisotopic (exact) mass is 641 g/mol. The van der Waals surface area contributed by atoms with E-state index in [-0.39, 0.29) is 25.8 Å². The van der Waals surface area contributed by atoms with Gasteiger partial charge in [0.2, 0.25) is 6.79 Å². The van der Waals surface area contributed by atoms with Crippen LogP contribution in [-0.2, 0) is 13.2 Å². The summed E-state index contributed by atoms with van der Waals surface area (Å²) in [6.07, 6.45) is 1.46. The molecule has 3 heterocycles. The molecule has 1 aliphatic rings. The van der Waals surface area contributed by atoms with Crippen molar-refractivity contribution in [3.05, 3.63) is 118 Å². The first-order chi connectivity index (χ1) is 22.4. The molecular formula is C35H32ClN3O7. The van der Waals surface area contributed by atoms with Crippen LogP contribution >= 0.6 is 11.6 Å². The zero-order chi connectivity index (χ0) is 32.0. The summed E-state index contributed by atoms with van der Waals surface area (Å²) >= 11 is 6.56. The van der Waals surface area contributed by atoms with Crippen LogP contribution in [0.3, 0.4) is 0 Å². The Morgan fingerprint density at radius 2 is 1.70 bits per heavy atom. The molecule has 0 atom stereocenters. The van der Waals surface area contributed by atoms with Gasteiger partial charge in [0.25, 0.3) is 0 Å². The Morgan fingerprint density at radius 3 is 2.48 bits per heavy atom. The molecule has 10 nitrogen and oxygen atoms in total. The average Bonchev–Trinajstić information content (AvgIpc) is 3.80. The van der Waals surface area contributed by atoms with Crippen molar-refractivity contribution < 1.29 is 32.9 Å². The zero-order valence-electron chi connectivity index (χ0n) is 25.5. The second-order valence-corrected chi connectivity index (χ2v) is 10.8. The van der Waals surface area contributed by atoms with Gasteiger partial charge < -0.3 is 32.7 Å². The van der Waals surface area contributed by atoms with Crippen molar-refractivity contribution in [3.63, 3.8) is 0 Å². The third kappa shape index (κ3) is 6.97. The maximum absolute atomic E-state index is 12.7. The van der Waals surface area contributed by atoms with Crippen molar-refractivity contribution >= 4 is 23.7 Å². The SMILES string of the molecule is CCOc1cc(/C=N/NC(=O)c2ccc(COc3ccc(-n4c(C)ccc4C)cc3)o2)cc(Cl)c1OCc1ccc2c(c1)OCO2. The largest absolute Gasteiger partial charge is 0.490 e. The number of aromatic nitrogens is 1. The van der Waals surface area contributed by atoms with E-state index in [9.17, 15) is 4.79 Å². The van der Waals surface area contributed by atoms with Gasteiger partial charge in [0.15, 0.2) is 28.8 Å². The average molecular weight is 642 g/mol. The van der Waals surface area contributed by atoms with Crippen molar-refractivity contribution in [2.24, 2.45) is 5.10 Å². The maximum atomic E-state index is 12.7. The van der Waals surface area contributed by atoms with E-state index in [0.717, 1.165) is 22.6 Å². The van der Waals surface area contributed by atoms with E-state index in [1.807, 2.05) is 49.4 Å². The summed E-state index contributed by atoms with van der Waals surface area (Å²) < 4.78 is 36.3. The number of fused-ring (bicyclic) bond motifs is 1. The van der Waals surface area contributed by atoms with Crippen molar-refractivity contribution in [2.75, 3.05) is 13.4 Å². The molecule has 0 fully saturated rings. The summed E-state index contributed by atoms with van der Waals surface area (Å²) in [5.41, 5.74) is 7.34. The number of aryl methyl sites for hydroxylation is 2. The summed E-state index contributed by atoms with van der Waals surface area (Å²) in [5, 5.41) is 4.40. The summed E-state index contributed by atoms with van der Waals surface area (Å²) in [6.45, 7) is 7.01. The van der Waals surface area contributed by atoms with Gasteiger partial charge in [-0.3, -0.25) is 4.79 Å². The molecule has 2 aromatic heterocycles. The van der Waals surface area contributed by atoms with E-state index in [2.05, 4.69) is 41.1 Å². The van der Waals surface area contributed by atoms with Gasteiger partial charge in [0.1, 0.15) is 24.7 Å². The highest BCUT2D eigenvalue weighted by Crippen LogP contribution is 2.38. The topological polar surface area (TPSA) is 106 Å². The number of nitrogens with one attached hydrogen (secondary N) is 1. The van der Waals surface area contributed by atoms with E-state index < -0.39 is 5.91 Å². The van der Waals surface area contributed by atoms with Gasteiger partial charge in [0.05, 0.1) is 17.8 Å². The lowest BCUT2D eigenvalue weighted by atomic mass is 10.2. The van der Waals surface area contributed by atoms with Gasteiger partial charge in [0, 0.05) is 17.1 Å². The molecule has 1 aliphatic heterocycles. The number of hydrogen-bond donors (Lipinski definition) is 1. The molecule has 1 N–H and O–H groups in total. The molecule has 0 radical (unpaired) electrons. The molecule has 3 aromatic carbocycles. The summed E-state index contributed by atoms with van der Waals surface area (Å²) in [6, 6.07) is 24.2. The standard InChI is InChI=1S/C35H32ClN3O7/c1-4-41-33-17-25(15-29(36)34(33)43-19-24-7-13-30-32(16-24)45-21-44-30)18-37-38-35(40)31-14-12-28(46-31)20-42-27-10-8-26(9-11-27)39-22(2)5-6-23(39)3/h5-18H,4,19-21H2,1-3H3,(H,38,40)/b37-18+. The fraction of sp³-hybridized carbons (Fsp3) is 0.200. The second kappa shape index (κ2) is 13.7. The Kier molecular flexibility index (Phi) is 9.16. The molecule has 46 heavy (non-hydrogen) atoms. The quantitative estimate of drug-likeness (QED) is 0.112. The molecule has 0 aliphatic carbocycles. The van der Waals surface area contributed by atoms with Crippen LogP contribution in [0.25, 0.3) is 5.69 Å². The number of nitrogens with zero attached hydrogens (tertiary/aromatic N) is 2. The van der Waals surface area contributed by atoms with Gasteiger partial charge in [-0.25, -0.2) is 5.43 Å². The van der Waals surface area contributed by atoms with Crippen LogP contribution in [-0.4, -0.2) is 30.1 Å². The lowest BCUT2D eigenvalue weighted by molar-refractivity contribution is 0.0923. The van der Waals surface area contributed by atoms with E-state index in [1.54, 1.807) is 24.3 Å². The smallest absolute Gasteiger partial charge is 0.307 e. The molecule has 5 aromatic rings. The third-order valence-corrected chi connectivity index (χ3v) is 7.44. The molecule has 0 bridgehead atoms. The molecule has 0 saturated carbocycles. The minimum absolute atomic E-state index is 0.102. The van der Waals surface area contributed by atoms with Crippen LogP contribution in [0.1, 0.15) is 45.8 Å². The third-order valence-electron chi connectivity index (χ3n) is 7.16. The van der Waals surface area contributed by atoms with Crippen molar-refractivity contribution in [3.8, 4) is 34.4 Å². The Bertz CT molecular complexity index is 1860. The Labute approximate surface area is 271 Å². The molecule has 1 amide bonds. The van der Waals surface area contributed by atoms with E-state index in [4.69, 9.17) is 39.7 Å². The predicted octanol–water partition coefficient (Wildman–Crippen LogP) is 7.39. The number of hydrogen-bond acceptors (Lipinski definition) is 8. The molecular weight excluding hydrogens is 610 g/mol. The van der Waals surface area contributed by atoms with Crippen LogP contribution in [0.2, 0.25) is 5.02 Å². The van der Waals surface area contributed by atoms with Crippen molar-refractivity contribution in [1.29, 1.82) is 0 Å². The van der Waals surface area contributed by atoms with Gasteiger partial charge in [-0.05, 0) is 105 Å². The highest BCUT2D eigenvalue weighted by Gasteiger charge is 2.16. The Hall–Kier alpha value is -5.35. The van der Waals surface area contributed by atoms with E-state index in [0.29, 0.717) is 51.7 Å². The number of benzene rings is 3. The van der Waals surface area contributed by atoms with Crippen LogP contribution in [0.4, 0.5) is 0 Å². The molecule has 0 unspecified atom stereocenters. The lowest BCUT2D eigenvalue weighted by Crippen LogP contribution is -2.16. The molecule has 6 rings (SSSR count). The minimum atomic E-state index is -0.510. The number of halogens is 1. The number of ether oxygens (including phenoxy) is 5. The normalized spacial score (nSPS) is 12.0. The van der Waals surface area contributed by atoms with Crippen molar-refractivity contribution in [1.82, 2.24) is 9.99 Å². The summed E-state index contributed by atoms with van der Waals surface area (Å²) in [5.74, 6) is 3.00. The van der Waals surface area contributed by atoms with Gasteiger partial charge >= 0.3 is 5.91 Å². The first kappa shape index (κ1) is 30.7. The summed E-state index contributed by atoms with van der Waals surface area (Å²) in [7, 11) is 0. The zero-order valence-corrected chi connectivity index (χ0v) is 26.3. The van der Waals surface area contributed by atoms with Crippen LogP contribution in [0.15, 0.2) is 88.4 Å². The van der Waals surface area contributed by atoms with Crippen LogP contribution < -0.4 is 29.1 Å². The molecule has 0 spiro atoms. The number of rotatable bonds is 12. The van der Waals surface area contributed by atoms with Gasteiger partial charge in [-0.2, -0.15) is 5.10 Å². The number of hydrazone groups is 1. The highest BCUT2D eigenvalue weighted by atomic mass is 35.5. The fourth-order valence-corrected chi connectivity index (χ4v) is 5.25. The Morgan fingerprint density at radius 1 is 0.913 bits per heavy atom. The number of carbonyl (C=O) groups is 1. The predicted molar refractivity (Wildman–Crippen MR) is 173 cm³/mol. The summed E-state index contributed by atoms with van der Waals surface area (Å²) in [4.78, 5) is 12.7.